The Hall–Kier alpha value is -1.38. The molecule has 0 spiro atoms. The number of unbranched alkanes of at least 4 members (excludes halogenated alkanes) is 1. The molecule has 3 N–H and O–H groups in total. The highest BCUT2D eigenvalue weighted by Gasteiger charge is 2.42. The number of sulfonamides is 1. The number of thioether (sulfide) groups is 1. The molecule has 1 aliphatic heterocycles. The monoisotopic (exact) mass is 410 g/mol. The van der Waals surface area contributed by atoms with E-state index in [0.29, 0.717) is 35.8 Å². The molecule has 1 aromatic rings. The van der Waals surface area contributed by atoms with Crippen LogP contribution < -0.4 is 10.5 Å². The van der Waals surface area contributed by atoms with Crippen LogP contribution in [0.4, 0.5) is 0 Å². The number of hydrogen-bond acceptors (Lipinski definition) is 5. The molecule has 2 aliphatic rings. The molecule has 3 rings (SSSR count). The Morgan fingerprint density at radius 1 is 1.19 bits per heavy atom. The van der Waals surface area contributed by atoms with Crippen LogP contribution in [0.1, 0.15) is 44.1 Å². The summed E-state index contributed by atoms with van der Waals surface area (Å²) in [5.41, 5.74) is 0.829. The van der Waals surface area contributed by atoms with Gasteiger partial charge >= 0.3 is 0 Å². The summed E-state index contributed by atoms with van der Waals surface area (Å²) in [6, 6.07) is 6.18. The van der Waals surface area contributed by atoms with Gasteiger partial charge in [0.25, 0.3) is 0 Å². The molecule has 2 fully saturated rings. The Labute approximate surface area is 164 Å². The summed E-state index contributed by atoms with van der Waals surface area (Å²) < 4.78 is 22.4. The lowest BCUT2D eigenvalue weighted by Crippen LogP contribution is -2.22. The number of benzene rings is 1. The average molecular weight is 411 g/mol. The van der Waals surface area contributed by atoms with Crippen molar-refractivity contribution in [2.75, 3.05) is 5.75 Å². The van der Waals surface area contributed by atoms with Crippen molar-refractivity contribution in [2.45, 2.75) is 55.2 Å². The fraction of sp³-hybridized carbons (Fsp3) is 0.579. The first-order valence-corrected chi connectivity index (χ1v) is 11.9. The number of ketones is 1. The zero-order valence-corrected chi connectivity index (χ0v) is 16.9. The quantitative estimate of drug-likeness (QED) is 0.639. The topological polar surface area (TPSA) is 106 Å². The minimum absolute atomic E-state index is 0.00137. The van der Waals surface area contributed by atoms with Gasteiger partial charge in [-0.1, -0.05) is 18.6 Å². The van der Waals surface area contributed by atoms with E-state index in [1.165, 1.54) is 12.1 Å². The molecule has 8 heteroatoms. The lowest BCUT2D eigenvalue weighted by atomic mass is 9.92. The van der Waals surface area contributed by atoms with E-state index in [9.17, 15) is 18.0 Å². The SMILES string of the molecule is NS(=O)(=O)c1ccc(CNC(=O)CCCC[C@@H]2SC[C@@H]3CC(=O)C[C@@H]32)cc1. The third-order valence-electron chi connectivity index (χ3n) is 5.44. The lowest BCUT2D eigenvalue weighted by molar-refractivity contribution is -0.121. The molecule has 0 aromatic heterocycles. The molecule has 27 heavy (non-hydrogen) atoms. The van der Waals surface area contributed by atoms with Crippen LogP contribution in [0, 0.1) is 11.8 Å². The van der Waals surface area contributed by atoms with E-state index in [4.69, 9.17) is 5.14 Å². The highest BCUT2D eigenvalue weighted by atomic mass is 32.2. The van der Waals surface area contributed by atoms with Crippen LogP contribution in [0.15, 0.2) is 29.2 Å². The van der Waals surface area contributed by atoms with Crippen molar-refractivity contribution < 1.29 is 18.0 Å². The van der Waals surface area contributed by atoms with Gasteiger partial charge in [0.15, 0.2) is 0 Å². The summed E-state index contributed by atoms with van der Waals surface area (Å²) in [6.45, 7) is 0.369. The maximum atomic E-state index is 12.0. The summed E-state index contributed by atoms with van der Waals surface area (Å²) in [4.78, 5) is 23.6. The van der Waals surface area contributed by atoms with Crippen LogP contribution in [-0.4, -0.2) is 31.1 Å². The van der Waals surface area contributed by atoms with Crippen LogP contribution in [0.5, 0.6) is 0 Å². The van der Waals surface area contributed by atoms with E-state index in [1.807, 2.05) is 11.8 Å². The molecular weight excluding hydrogens is 384 g/mol. The van der Waals surface area contributed by atoms with E-state index in [1.54, 1.807) is 12.1 Å². The number of carbonyl (C=O) groups excluding carboxylic acids is 2. The Morgan fingerprint density at radius 2 is 1.93 bits per heavy atom. The molecule has 0 unspecified atom stereocenters. The second kappa shape index (κ2) is 8.75. The van der Waals surface area contributed by atoms with Gasteiger partial charge in [-0.3, -0.25) is 9.59 Å². The number of nitrogens with one attached hydrogen (secondary N) is 1. The number of carbonyl (C=O) groups is 2. The van der Waals surface area contributed by atoms with Gasteiger partial charge < -0.3 is 5.32 Å². The summed E-state index contributed by atoms with van der Waals surface area (Å²) in [5.74, 6) is 2.70. The maximum absolute atomic E-state index is 12.0. The summed E-state index contributed by atoms with van der Waals surface area (Å²) in [6.07, 6.45) is 4.95. The first-order chi connectivity index (χ1) is 12.8. The molecule has 1 aliphatic carbocycles. The van der Waals surface area contributed by atoms with Gasteiger partial charge in [0.05, 0.1) is 4.90 Å². The van der Waals surface area contributed by atoms with Crippen molar-refractivity contribution in [1.82, 2.24) is 5.32 Å². The van der Waals surface area contributed by atoms with E-state index in [2.05, 4.69) is 5.32 Å². The number of primary sulfonamides is 1. The third kappa shape index (κ3) is 5.56. The first-order valence-electron chi connectivity index (χ1n) is 9.34. The van der Waals surface area contributed by atoms with Gasteiger partial charge in [-0.2, -0.15) is 11.8 Å². The fourth-order valence-electron chi connectivity index (χ4n) is 3.96. The first kappa shape index (κ1) is 20.4. The Morgan fingerprint density at radius 3 is 2.63 bits per heavy atom. The zero-order valence-electron chi connectivity index (χ0n) is 15.2. The number of hydrogen-bond donors (Lipinski definition) is 2. The van der Waals surface area contributed by atoms with Crippen LogP contribution in [0.25, 0.3) is 0 Å². The van der Waals surface area contributed by atoms with Gasteiger partial charge in [-0.25, -0.2) is 13.6 Å². The Bertz CT molecular complexity index is 792. The predicted molar refractivity (Wildman–Crippen MR) is 106 cm³/mol. The molecule has 1 aromatic carbocycles. The summed E-state index contributed by atoms with van der Waals surface area (Å²) in [7, 11) is -3.69. The van der Waals surface area contributed by atoms with Crippen molar-refractivity contribution in [3.05, 3.63) is 29.8 Å². The van der Waals surface area contributed by atoms with Gasteiger partial charge in [0.2, 0.25) is 15.9 Å². The number of amides is 1. The van der Waals surface area contributed by atoms with Crippen molar-refractivity contribution in [3.63, 3.8) is 0 Å². The van der Waals surface area contributed by atoms with E-state index in [0.717, 1.165) is 43.4 Å². The normalized spacial score (nSPS) is 24.8. The van der Waals surface area contributed by atoms with Gasteiger partial charge in [-0.15, -0.1) is 0 Å². The predicted octanol–water partition coefficient (Wildman–Crippen LogP) is 2.22. The van der Waals surface area contributed by atoms with E-state index >= 15 is 0 Å². The molecule has 1 amide bonds. The Balaban J connectivity index is 1.33. The molecule has 0 radical (unpaired) electrons. The van der Waals surface area contributed by atoms with Crippen LogP contribution in [-0.2, 0) is 26.2 Å². The maximum Gasteiger partial charge on any atom is 0.238 e. The van der Waals surface area contributed by atoms with Crippen LogP contribution in [0.2, 0.25) is 0 Å². The zero-order chi connectivity index (χ0) is 19.4. The van der Waals surface area contributed by atoms with E-state index in [-0.39, 0.29) is 10.8 Å². The molecule has 1 saturated carbocycles. The minimum atomic E-state index is -3.69. The second-order valence-electron chi connectivity index (χ2n) is 7.45. The van der Waals surface area contributed by atoms with Gasteiger partial charge in [-0.05, 0) is 48.1 Å². The van der Waals surface area contributed by atoms with Crippen LogP contribution >= 0.6 is 11.8 Å². The summed E-state index contributed by atoms with van der Waals surface area (Å²) in [5, 5.41) is 8.51. The number of nitrogens with two attached hydrogens (primary N) is 1. The second-order valence-corrected chi connectivity index (χ2v) is 10.3. The highest BCUT2D eigenvalue weighted by Crippen LogP contribution is 2.47. The summed E-state index contributed by atoms with van der Waals surface area (Å²) >= 11 is 2.00. The van der Waals surface area contributed by atoms with Gasteiger partial charge in [0, 0.05) is 31.1 Å². The number of fused-ring (bicyclic) bond motifs is 1. The molecular formula is C19H26N2O4S2. The van der Waals surface area contributed by atoms with Crippen molar-refractivity contribution >= 4 is 33.5 Å². The number of rotatable bonds is 8. The highest BCUT2D eigenvalue weighted by molar-refractivity contribution is 8.00. The molecule has 1 heterocycles. The van der Waals surface area contributed by atoms with Gasteiger partial charge in [0.1, 0.15) is 5.78 Å². The molecule has 1 saturated heterocycles. The Kier molecular flexibility index (Phi) is 6.60. The minimum Gasteiger partial charge on any atom is -0.352 e. The molecule has 6 nitrogen and oxygen atoms in total. The fourth-order valence-corrected chi connectivity index (χ4v) is 6.23. The largest absolute Gasteiger partial charge is 0.352 e. The van der Waals surface area contributed by atoms with Crippen molar-refractivity contribution in [1.29, 1.82) is 0 Å². The third-order valence-corrected chi connectivity index (χ3v) is 8.01. The molecule has 148 valence electrons. The van der Waals surface area contributed by atoms with Crippen molar-refractivity contribution in [2.24, 2.45) is 17.0 Å². The van der Waals surface area contributed by atoms with Crippen LogP contribution in [0.3, 0.4) is 0 Å². The average Bonchev–Trinajstić information content (AvgIpc) is 3.16. The van der Waals surface area contributed by atoms with E-state index < -0.39 is 10.0 Å². The smallest absolute Gasteiger partial charge is 0.238 e. The molecule has 3 atom stereocenters. The van der Waals surface area contributed by atoms with Crippen molar-refractivity contribution in [3.8, 4) is 0 Å². The standard InChI is InChI=1S/C19H26N2O4S2/c20-27(24,25)16-7-5-13(6-8-16)11-21-19(23)4-2-1-3-18-17-10-15(22)9-14(17)12-26-18/h5-8,14,17-18H,1-4,9-12H2,(H,21,23)(H2,20,24,25)/t14-,17-,18-/m0/s1. The molecule has 0 bridgehead atoms. The lowest BCUT2D eigenvalue weighted by Gasteiger charge is -2.16. The number of Topliss-reactive ketones (excluding diaryl/α,β-unsaturated/α-hetero) is 1.